The van der Waals surface area contributed by atoms with Gasteiger partial charge in [0.2, 0.25) is 0 Å². The van der Waals surface area contributed by atoms with E-state index in [4.69, 9.17) is 9.15 Å². The zero-order valence-electron chi connectivity index (χ0n) is 19.4. The maximum atomic E-state index is 10.8. The Morgan fingerprint density at radius 1 is 1.22 bits per heavy atom. The standard InChI is InChI=1S/C21H35N7O3.HI/c1-16-6-7-18(31-16)21(3,29)15-24-20(23-14-19-26-25-17(2)27(19)4)22-8-5-9-28-10-12-30-13-11-28;/h6-7,29H,5,8-15H2,1-4H3,(H2,22,23,24);1H. The number of ether oxygens (including phenoxy) is 1. The van der Waals surface area contributed by atoms with Crippen LogP contribution in [0.3, 0.4) is 0 Å². The van der Waals surface area contributed by atoms with Gasteiger partial charge in [-0.1, -0.05) is 0 Å². The fraction of sp³-hybridized carbons (Fsp3) is 0.667. The molecule has 0 spiro atoms. The van der Waals surface area contributed by atoms with Crippen molar-refractivity contribution in [3.8, 4) is 0 Å². The minimum atomic E-state index is -1.16. The largest absolute Gasteiger partial charge is 0.463 e. The number of morpholine rings is 1. The molecule has 0 bridgehead atoms. The minimum Gasteiger partial charge on any atom is -0.463 e. The Morgan fingerprint density at radius 3 is 2.59 bits per heavy atom. The normalized spacial score (nSPS) is 17.0. The zero-order valence-corrected chi connectivity index (χ0v) is 21.8. The van der Waals surface area contributed by atoms with Crippen molar-refractivity contribution in [2.75, 3.05) is 45.9 Å². The van der Waals surface area contributed by atoms with E-state index in [0.29, 0.717) is 18.3 Å². The van der Waals surface area contributed by atoms with Gasteiger partial charge in [0.05, 0.1) is 19.8 Å². The topological polar surface area (TPSA) is 113 Å². The molecule has 1 aliphatic rings. The number of rotatable bonds is 9. The van der Waals surface area contributed by atoms with E-state index in [-0.39, 0.29) is 30.5 Å². The second kappa shape index (κ2) is 12.5. The third-order valence-electron chi connectivity index (χ3n) is 5.48. The first-order valence-electron chi connectivity index (χ1n) is 10.8. The van der Waals surface area contributed by atoms with E-state index in [1.54, 1.807) is 13.0 Å². The number of hydrogen-bond donors (Lipinski definition) is 3. The number of nitrogens with one attached hydrogen (secondary N) is 2. The Balaban J connectivity index is 0.00000363. The van der Waals surface area contributed by atoms with Crippen molar-refractivity contribution >= 4 is 29.9 Å². The molecular weight excluding hydrogens is 525 g/mol. The smallest absolute Gasteiger partial charge is 0.191 e. The first kappa shape index (κ1) is 26.6. The second-order valence-corrected chi connectivity index (χ2v) is 8.16. The van der Waals surface area contributed by atoms with E-state index < -0.39 is 5.60 Å². The third kappa shape index (κ3) is 7.71. The number of nitrogens with zero attached hydrogens (tertiary/aromatic N) is 5. The Bertz CT molecular complexity index is 859. The third-order valence-corrected chi connectivity index (χ3v) is 5.48. The van der Waals surface area contributed by atoms with Gasteiger partial charge in [-0.2, -0.15) is 0 Å². The molecule has 3 N–H and O–H groups in total. The molecule has 11 heteroatoms. The molecule has 1 aliphatic heterocycles. The van der Waals surface area contributed by atoms with Gasteiger partial charge in [-0.05, 0) is 45.9 Å². The molecule has 0 radical (unpaired) electrons. The number of aliphatic imine (C=N–C) groups is 1. The van der Waals surface area contributed by atoms with Gasteiger partial charge in [0.1, 0.15) is 29.5 Å². The van der Waals surface area contributed by atoms with Crippen LogP contribution in [0.5, 0.6) is 0 Å². The molecular formula is C21H36IN7O3. The average molecular weight is 561 g/mol. The van der Waals surface area contributed by atoms with E-state index in [0.717, 1.165) is 63.2 Å². The van der Waals surface area contributed by atoms with E-state index in [1.807, 2.05) is 31.5 Å². The summed E-state index contributed by atoms with van der Waals surface area (Å²) in [5.41, 5.74) is -1.16. The number of guanidine groups is 1. The molecule has 32 heavy (non-hydrogen) atoms. The number of furan rings is 1. The van der Waals surface area contributed by atoms with Crippen LogP contribution in [0, 0.1) is 13.8 Å². The van der Waals surface area contributed by atoms with Crippen molar-refractivity contribution in [3.05, 3.63) is 35.3 Å². The maximum Gasteiger partial charge on any atom is 0.191 e. The summed E-state index contributed by atoms with van der Waals surface area (Å²) >= 11 is 0. The lowest BCUT2D eigenvalue weighted by molar-refractivity contribution is 0.0372. The van der Waals surface area contributed by atoms with E-state index in [1.165, 1.54) is 0 Å². The SMILES string of the molecule is Cc1ccc(C(C)(O)CNC(=NCc2nnc(C)n2C)NCCCN2CCOCC2)o1.I. The van der Waals surface area contributed by atoms with Crippen molar-refractivity contribution in [2.45, 2.75) is 39.3 Å². The first-order valence-corrected chi connectivity index (χ1v) is 10.8. The molecule has 0 aliphatic carbocycles. The van der Waals surface area contributed by atoms with Gasteiger partial charge >= 0.3 is 0 Å². The van der Waals surface area contributed by atoms with Crippen LogP contribution in [0.15, 0.2) is 21.5 Å². The molecule has 3 rings (SSSR count). The molecule has 10 nitrogen and oxygen atoms in total. The van der Waals surface area contributed by atoms with Gasteiger partial charge in [0, 0.05) is 26.7 Å². The summed E-state index contributed by atoms with van der Waals surface area (Å²) in [6.07, 6.45) is 0.984. The molecule has 1 fully saturated rings. The molecule has 3 heterocycles. The highest BCUT2D eigenvalue weighted by Gasteiger charge is 2.27. The van der Waals surface area contributed by atoms with Gasteiger partial charge < -0.3 is 29.5 Å². The van der Waals surface area contributed by atoms with E-state index in [2.05, 4.69) is 30.7 Å². The molecule has 0 saturated carbocycles. The Morgan fingerprint density at radius 2 is 1.97 bits per heavy atom. The molecule has 2 aromatic heterocycles. The predicted octanol–water partition coefficient (Wildman–Crippen LogP) is 1.31. The van der Waals surface area contributed by atoms with Crippen molar-refractivity contribution in [1.82, 2.24) is 30.3 Å². The number of hydrogen-bond acceptors (Lipinski definition) is 7. The lowest BCUT2D eigenvalue weighted by Crippen LogP contribution is -2.45. The monoisotopic (exact) mass is 561 g/mol. The quantitative estimate of drug-likeness (QED) is 0.182. The van der Waals surface area contributed by atoms with Crippen LogP contribution in [0.2, 0.25) is 0 Å². The Hall–Kier alpha value is -1.70. The highest BCUT2D eigenvalue weighted by atomic mass is 127. The van der Waals surface area contributed by atoms with Crippen molar-refractivity contribution < 1.29 is 14.3 Å². The van der Waals surface area contributed by atoms with Crippen molar-refractivity contribution in [2.24, 2.45) is 12.0 Å². The van der Waals surface area contributed by atoms with E-state index in [9.17, 15) is 5.11 Å². The number of aliphatic hydroxyl groups is 1. The molecule has 1 unspecified atom stereocenters. The van der Waals surface area contributed by atoms with Crippen molar-refractivity contribution in [1.29, 1.82) is 0 Å². The van der Waals surface area contributed by atoms with Crippen LogP contribution in [0.1, 0.15) is 36.5 Å². The van der Waals surface area contributed by atoms with Crippen molar-refractivity contribution in [3.63, 3.8) is 0 Å². The maximum absolute atomic E-state index is 10.8. The molecule has 0 aromatic carbocycles. The molecule has 1 saturated heterocycles. The Labute approximate surface area is 206 Å². The van der Waals surface area contributed by atoms with Gasteiger partial charge in [-0.25, -0.2) is 4.99 Å². The average Bonchev–Trinajstić information content (AvgIpc) is 3.34. The summed E-state index contributed by atoms with van der Waals surface area (Å²) in [5, 5.41) is 25.7. The Kier molecular flexibility index (Phi) is 10.4. The van der Waals surface area contributed by atoms with Crippen LogP contribution >= 0.6 is 24.0 Å². The highest BCUT2D eigenvalue weighted by molar-refractivity contribution is 14.0. The van der Waals surface area contributed by atoms with Gasteiger partial charge in [0.25, 0.3) is 0 Å². The zero-order chi connectivity index (χ0) is 22.3. The second-order valence-electron chi connectivity index (χ2n) is 8.16. The summed E-state index contributed by atoms with van der Waals surface area (Å²) in [4.78, 5) is 7.05. The lowest BCUT2D eigenvalue weighted by Gasteiger charge is -2.26. The van der Waals surface area contributed by atoms with E-state index >= 15 is 0 Å². The predicted molar refractivity (Wildman–Crippen MR) is 133 cm³/mol. The van der Waals surface area contributed by atoms with Crippen LogP contribution in [-0.2, 0) is 23.9 Å². The van der Waals surface area contributed by atoms with Gasteiger partial charge in [-0.3, -0.25) is 4.90 Å². The van der Waals surface area contributed by atoms with Crippen LogP contribution in [0.25, 0.3) is 0 Å². The van der Waals surface area contributed by atoms with Gasteiger partial charge in [-0.15, -0.1) is 34.2 Å². The number of aromatic nitrogens is 3. The lowest BCUT2D eigenvalue weighted by atomic mass is 10.0. The summed E-state index contributed by atoms with van der Waals surface area (Å²) in [6, 6.07) is 3.64. The summed E-state index contributed by atoms with van der Waals surface area (Å²) in [5.74, 6) is 3.52. The summed E-state index contributed by atoms with van der Waals surface area (Å²) in [6.45, 7) is 11.5. The number of aryl methyl sites for hydroxylation is 2. The molecule has 2 aromatic rings. The number of halogens is 1. The first-order chi connectivity index (χ1) is 14.8. The fourth-order valence-corrected chi connectivity index (χ4v) is 3.31. The molecule has 0 amide bonds. The molecule has 180 valence electrons. The minimum absolute atomic E-state index is 0. The summed E-state index contributed by atoms with van der Waals surface area (Å²) < 4.78 is 12.9. The summed E-state index contributed by atoms with van der Waals surface area (Å²) in [7, 11) is 1.92. The van der Waals surface area contributed by atoms with Crippen LogP contribution in [-0.4, -0.2) is 76.7 Å². The van der Waals surface area contributed by atoms with Crippen LogP contribution < -0.4 is 10.6 Å². The highest BCUT2D eigenvalue weighted by Crippen LogP contribution is 2.21. The van der Waals surface area contributed by atoms with Crippen LogP contribution in [0.4, 0.5) is 0 Å². The van der Waals surface area contributed by atoms with Gasteiger partial charge in [0.15, 0.2) is 11.8 Å². The molecule has 1 atom stereocenters. The fourth-order valence-electron chi connectivity index (χ4n) is 3.31.